The summed E-state index contributed by atoms with van der Waals surface area (Å²) in [5.41, 5.74) is 6.50. The Bertz CT molecular complexity index is 2340. The van der Waals surface area contributed by atoms with E-state index in [4.69, 9.17) is 19.1 Å². The van der Waals surface area contributed by atoms with Crippen LogP contribution in [-0.2, 0) is 0 Å². The normalized spacial score (nSPS) is 12.6. The monoisotopic (exact) mass is 613 g/mol. The van der Waals surface area contributed by atoms with Crippen molar-refractivity contribution in [2.24, 2.45) is 0 Å². The van der Waals surface area contributed by atoms with Crippen LogP contribution in [0.25, 0.3) is 67.5 Å². The van der Waals surface area contributed by atoms with E-state index in [0.29, 0.717) is 17.2 Å². The SMILES string of the molecule is [2H]c1c([2H])c(-c2cccc(-c3ccc([Si](C)(C)C)cc3)c2)c([2H])c(-c2nc(-c3ccccc3)nc(-c3cccc(-c4ccccc4)c3)n2)c1[2H]. The zero-order chi connectivity index (χ0) is 35.0. The quantitative estimate of drug-likeness (QED) is 0.168. The summed E-state index contributed by atoms with van der Waals surface area (Å²) in [6.07, 6.45) is 0. The van der Waals surface area contributed by atoms with Gasteiger partial charge in [0.2, 0.25) is 0 Å². The van der Waals surface area contributed by atoms with Crippen molar-refractivity contribution in [3.8, 4) is 67.5 Å². The average Bonchev–Trinajstić information content (AvgIpc) is 3.14. The molecule has 0 bridgehead atoms. The number of benzene rings is 6. The van der Waals surface area contributed by atoms with Gasteiger partial charge in [-0.25, -0.2) is 15.0 Å². The van der Waals surface area contributed by atoms with Crippen molar-refractivity contribution >= 4 is 13.3 Å². The summed E-state index contributed by atoms with van der Waals surface area (Å²) < 4.78 is 36.2. The van der Waals surface area contributed by atoms with Crippen LogP contribution < -0.4 is 5.19 Å². The molecule has 0 atom stereocenters. The Hall–Kier alpha value is -5.45. The molecular formula is C42H35N3Si. The van der Waals surface area contributed by atoms with E-state index in [1.165, 1.54) is 5.19 Å². The highest BCUT2D eigenvalue weighted by atomic mass is 28.3. The molecule has 1 aromatic heterocycles. The third kappa shape index (κ3) is 6.34. The maximum atomic E-state index is 9.45. The van der Waals surface area contributed by atoms with E-state index in [1.807, 2.05) is 109 Å². The van der Waals surface area contributed by atoms with Crippen molar-refractivity contribution in [1.29, 1.82) is 0 Å². The molecule has 7 aromatic rings. The predicted molar refractivity (Wildman–Crippen MR) is 195 cm³/mol. The predicted octanol–water partition coefficient (Wildman–Crippen LogP) is 10.4. The van der Waals surface area contributed by atoms with Gasteiger partial charge in [-0.15, -0.1) is 0 Å². The van der Waals surface area contributed by atoms with Crippen LogP contribution in [0, 0.1) is 0 Å². The molecule has 0 aliphatic heterocycles. The van der Waals surface area contributed by atoms with E-state index in [0.717, 1.165) is 33.4 Å². The second kappa shape index (κ2) is 12.5. The van der Waals surface area contributed by atoms with Crippen molar-refractivity contribution in [2.75, 3.05) is 0 Å². The molecule has 0 saturated heterocycles. The minimum Gasteiger partial charge on any atom is -0.208 e. The molecule has 0 unspecified atom stereocenters. The van der Waals surface area contributed by atoms with Crippen LogP contribution in [0.5, 0.6) is 0 Å². The van der Waals surface area contributed by atoms with E-state index in [9.17, 15) is 1.37 Å². The molecule has 0 saturated carbocycles. The first-order valence-electron chi connectivity index (χ1n) is 17.4. The molecular weight excluding hydrogens is 575 g/mol. The molecule has 0 radical (unpaired) electrons. The molecule has 3 nitrogen and oxygen atoms in total. The highest BCUT2D eigenvalue weighted by Crippen LogP contribution is 2.31. The molecule has 0 amide bonds. The minimum atomic E-state index is -1.46. The third-order valence-corrected chi connectivity index (χ3v) is 10.0. The Morgan fingerprint density at radius 1 is 0.413 bits per heavy atom. The van der Waals surface area contributed by atoms with Crippen molar-refractivity contribution in [3.05, 3.63) is 158 Å². The minimum absolute atomic E-state index is 0.0728. The van der Waals surface area contributed by atoms with E-state index < -0.39 is 8.07 Å². The van der Waals surface area contributed by atoms with Crippen LogP contribution >= 0.6 is 0 Å². The van der Waals surface area contributed by atoms with Gasteiger partial charge in [0.15, 0.2) is 17.5 Å². The highest BCUT2D eigenvalue weighted by Gasteiger charge is 2.16. The molecule has 7 rings (SSSR count). The Labute approximate surface area is 278 Å². The smallest absolute Gasteiger partial charge is 0.164 e. The van der Waals surface area contributed by atoms with Crippen LogP contribution in [-0.4, -0.2) is 23.0 Å². The Kier molecular flexibility index (Phi) is 6.75. The second-order valence-corrected chi connectivity index (χ2v) is 17.4. The maximum absolute atomic E-state index is 9.45. The standard InChI is InChI=1S/C42H35N3Si/c1-46(2,3)39-25-23-31(24-26-39)33-17-10-19-35(27-33)36-20-12-22-38(29-36)42-44-40(32-15-8-5-9-16-32)43-41(45-42)37-21-11-18-34(28-37)30-13-6-4-7-14-30/h4-29H,1-3H3/i12D,20D,22D,29D. The summed E-state index contributed by atoms with van der Waals surface area (Å²) in [5.74, 6) is 0.889. The molecule has 0 aliphatic carbocycles. The van der Waals surface area contributed by atoms with Gasteiger partial charge in [0, 0.05) is 16.7 Å². The van der Waals surface area contributed by atoms with E-state index in [1.54, 1.807) is 0 Å². The average molecular weight is 614 g/mol. The fraction of sp³-hybridized carbons (Fsp3) is 0.0714. The number of aromatic nitrogens is 3. The second-order valence-electron chi connectivity index (χ2n) is 12.3. The largest absolute Gasteiger partial charge is 0.208 e. The van der Waals surface area contributed by atoms with Gasteiger partial charge < -0.3 is 0 Å². The summed E-state index contributed by atoms with van der Waals surface area (Å²) in [4.78, 5) is 14.5. The summed E-state index contributed by atoms with van der Waals surface area (Å²) in [6.45, 7) is 6.96. The first kappa shape index (κ1) is 24.8. The summed E-state index contributed by atoms with van der Waals surface area (Å²) in [7, 11) is -1.46. The van der Waals surface area contributed by atoms with Gasteiger partial charge >= 0.3 is 0 Å². The molecule has 46 heavy (non-hydrogen) atoms. The van der Waals surface area contributed by atoms with Gasteiger partial charge in [-0.1, -0.05) is 164 Å². The van der Waals surface area contributed by atoms with E-state index >= 15 is 0 Å². The fourth-order valence-electron chi connectivity index (χ4n) is 5.42. The lowest BCUT2D eigenvalue weighted by Gasteiger charge is -2.17. The number of hydrogen-bond donors (Lipinski definition) is 0. The molecule has 6 aromatic carbocycles. The van der Waals surface area contributed by atoms with Gasteiger partial charge in [0.05, 0.1) is 13.6 Å². The van der Waals surface area contributed by atoms with Gasteiger partial charge in [0.1, 0.15) is 0 Å². The van der Waals surface area contributed by atoms with E-state index in [2.05, 4.69) is 43.9 Å². The van der Waals surface area contributed by atoms with Crippen LogP contribution in [0.3, 0.4) is 0 Å². The number of rotatable bonds is 7. The summed E-state index contributed by atoms with van der Waals surface area (Å²) in [6, 6.07) is 43.0. The van der Waals surface area contributed by atoms with E-state index in [-0.39, 0.29) is 41.1 Å². The molecule has 1 heterocycles. The fourth-order valence-corrected chi connectivity index (χ4v) is 6.59. The highest BCUT2D eigenvalue weighted by molar-refractivity contribution is 6.88. The molecule has 0 aliphatic rings. The Balaban J connectivity index is 1.39. The van der Waals surface area contributed by atoms with Crippen molar-refractivity contribution in [2.45, 2.75) is 19.6 Å². The molecule has 222 valence electrons. The lowest BCUT2D eigenvalue weighted by atomic mass is 9.98. The van der Waals surface area contributed by atoms with Gasteiger partial charge in [-0.3, -0.25) is 0 Å². The molecule has 4 heteroatoms. The zero-order valence-corrected chi connectivity index (χ0v) is 27.0. The van der Waals surface area contributed by atoms with Gasteiger partial charge in [-0.05, 0) is 51.6 Å². The summed E-state index contributed by atoms with van der Waals surface area (Å²) in [5, 5.41) is 1.37. The lowest BCUT2D eigenvalue weighted by molar-refractivity contribution is 1.07. The van der Waals surface area contributed by atoms with Crippen LogP contribution in [0.2, 0.25) is 19.6 Å². The van der Waals surface area contributed by atoms with Crippen molar-refractivity contribution in [1.82, 2.24) is 15.0 Å². The Morgan fingerprint density at radius 3 is 1.46 bits per heavy atom. The lowest BCUT2D eigenvalue weighted by Crippen LogP contribution is -2.37. The first-order valence-corrected chi connectivity index (χ1v) is 18.9. The van der Waals surface area contributed by atoms with Gasteiger partial charge in [0.25, 0.3) is 0 Å². The Morgan fingerprint density at radius 2 is 0.848 bits per heavy atom. The van der Waals surface area contributed by atoms with Crippen molar-refractivity contribution < 1.29 is 5.48 Å². The number of nitrogens with zero attached hydrogens (tertiary/aromatic N) is 3. The number of hydrogen-bond acceptors (Lipinski definition) is 3. The third-order valence-electron chi connectivity index (χ3n) is 7.98. The molecule has 0 N–H and O–H groups in total. The van der Waals surface area contributed by atoms with Crippen LogP contribution in [0.15, 0.2) is 158 Å². The molecule has 0 fully saturated rings. The van der Waals surface area contributed by atoms with Crippen molar-refractivity contribution in [3.63, 3.8) is 0 Å². The maximum Gasteiger partial charge on any atom is 0.164 e. The topological polar surface area (TPSA) is 38.7 Å². The van der Waals surface area contributed by atoms with Gasteiger partial charge in [-0.2, -0.15) is 0 Å². The first-order chi connectivity index (χ1) is 24.1. The molecule has 0 spiro atoms. The van der Waals surface area contributed by atoms with Crippen LogP contribution in [0.1, 0.15) is 5.48 Å². The van der Waals surface area contributed by atoms with Crippen LogP contribution in [0.4, 0.5) is 0 Å². The zero-order valence-electron chi connectivity index (χ0n) is 30.0. The summed E-state index contributed by atoms with van der Waals surface area (Å²) >= 11 is 0.